The van der Waals surface area contributed by atoms with Gasteiger partial charge in [0, 0.05) is 41.1 Å². The van der Waals surface area contributed by atoms with Gasteiger partial charge >= 0.3 is 0 Å². The van der Waals surface area contributed by atoms with Crippen LogP contribution in [0.1, 0.15) is 5.56 Å². The molecule has 0 spiro atoms. The van der Waals surface area contributed by atoms with Crippen LogP contribution >= 0.6 is 0 Å². The Morgan fingerprint density at radius 1 is 0.833 bits per heavy atom. The molecule has 5 rings (SSSR count). The molecule has 5 aromatic rings. The number of aryl methyl sites for hydroxylation is 2. The Balaban J connectivity index is 0.00000128. The summed E-state index contributed by atoms with van der Waals surface area (Å²) in [5, 5.41) is 4.78. The monoisotopic (exact) mass is 460 g/mol. The fraction of sp³-hybridized carbons (Fsp3) is 0.0800. The van der Waals surface area contributed by atoms with Gasteiger partial charge in [0.1, 0.15) is 0 Å². The molecule has 0 amide bonds. The summed E-state index contributed by atoms with van der Waals surface area (Å²) in [6.07, 6.45) is 3.33. The van der Waals surface area contributed by atoms with E-state index in [2.05, 4.69) is 89.7 Å². The van der Waals surface area contributed by atoms with E-state index in [-0.39, 0.29) is 41.1 Å². The Kier molecular flexibility index (Phi) is 6.80. The van der Waals surface area contributed by atoms with E-state index in [0.29, 0.717) is 0 Å². The summed E-state index contributed by atoms with van der Waals surface area (Å²) < 4.78 is 1.92. The van der Waals surface area contributed by atoms with Crippen molar-refractivity contribution in [3.8, 4) is 22.5 Å². The molecule has 140 valence electrons. The van der Waals surface area contributed by atoms with E-state index in [1.54, 1.807) is 12.7 Å². The number of hydrogen-bond acceptors (Lipinski definition) is 2. The van der Waals surface area contributed by atoms with Gasteiger partial charge < -0.3 is 0 Å². The Labute approximate surface area is 203 Å². The zero-order chi connectivity index (χ0) is 19.1. The first-order valence-electron chi connectivity index (χ1n) is 9.24. The average molecular weight is 460 g/mol. The third kappa shape index (κ3) is 3.95. The zero-order valence-corrected chi connectivity index (χ0v) is 19.8. The molecule has 1 heterocycles. The van der Waals surface area contributed by atoms with Crippen molar-refractivity contribution < 1.29 is 37.3 Å². The molecule has 0 aliphatic carbocycles. The maximum Gasteiger partial charge on any atom is 0.255 e. The topological polar surface area (TPSA) is 29.7 Å². The Hall–Kier alpha value is -2.42. The Morgan fingerprint density at radius 2 is 1.53 bits per heavy atom. The second-order valence-electron chi connectivity index (χ2n) is 7.00. The molecule has 1 aromatic heterocycles. The maximum absolute atomic E-state index is 4.45. The Morgan fingerprint density at radius 3 is 2.37 bits per heavy atom. The maximum atomic E-state index is 4.45. The zero-order valence-electron chi connectivity index (χ0n) is 16.9. The molecule has 3 nitrogen and oxygen atoms in total. The van der Waals surface area contributed by atoms with Crippen LogP contribution in [0.4, 0.5) is 0 Å². The summed E-state index contributed by atoms with van der Waals surface area (Å²) in [6.45, 7) is 2.08. The number of rotatable bonds is 2. The molecule has 0 bridgehead atoms. The van der Waals surface area contributed by atoms with Gasteiger partial charge in [-0.05, 0) is 0 Å². The third-order valence-corrected chi connectivity index (χ3v) is 5.14. The molecular formula is C25H18BN3Y-. The van der Waals surface area contributed by atoms with Gasteiger partial charge in [-0.15, -0.1) is 28.1 Å². The molecular weight excluding hydrogens is 442 g/mol. The second kappa shape index (κ2) is 9.16. The van der Waals surface area contributed by atoms with Gasteiger partial charge in [0.25, 0.3) is 6.33 Å². The van der Waals surface area contributed by atoms with Crippen molar-refractivity contribution in [1.29, 1.82) is 0 Å². The molecule has 4 radical (unpaired) electrons. The van der Waals surface area contributed by atoms with Gasteiger partial charge in [0.05, 0.1) is 7.05 Å². The van der Waals surface area contributed by atoms with Crippen molar-refractivity contribution >= 4 is 30.0 Å². The van der Waals surface area contributed by atoms with E-state index in [1.807, 2.05) is 11.6 Å². The minimum atomic E-state index is 0. The molecule has 0 fully saturated rings. The molecule has 30 heavy (non-hydrogen) atoms. The standard InChI is InChI=1S/C25H18N3.B.Y/c1-17-7-8-20(13-23(17)25-27-15-26-16-28(25)2)21-12-11-19-10-9-18-5-3-4-6-22(18)24(19)14-21;;/h3-12,15-16H,1-2H3;;/q-1;;. The van der Waals surface area contributed by atoms with Crippen molar-refractivity contribution in [3.63, 3.8) is 0 Å². The molecule has 0 saturated carbocycles. The Bertz CT molecular complexity index is 1350. The van der Waals surface area contributed by atoms with Crippen LogP contribution in [0.15, 0.2) is 73.3 Å². The molecule has 0 atom stereocenters. The van der Waals surface area contributed by atoms with Gasteiger partial charge in [0.15, 0.2) is 0 Å². The van der Waals surface area contributed by atoms with Gasteiger partial charge in [0.2, 0.25) is 12.2 Å². The SMILES string of the molecule is Cc1ccc(-c2[c-]c3c(cc2)ccc2ccccc23)[c-]c1-c1ncnc[n+]1C.[B].[Y]. The summed E-state index contributed by atoms with van der Waals surface area (Å²) in [7, 11) is 1.95. The minimum Gasteiger partial charge on any atom is -0.269 e. The van der Waals surface area contributed by atoms with Crippen LogP contribution in [0.5, 0.6) is 0 Å². The van der Waals surface area contributed by atoms with Crippen molar-refractivity contribution in [2.24, 2.45) is 7.05 Å². The van der Waals surface area contributed by atoms with Crippen LogP contribution in [0.25, 0.3) is 44.1 Å². The fourth-order valence-electron chi connectivity index (χ4n) is 3.63. The van der Waals surface area contributed by atoms with Gasteiger partial charge in [-0.3, -0.25) is 4.57 Å². The van der Waals surface area contributed by atoms with Crippen LogP contribution in [0, 0.1) is 19.1 Å². The largest absolute Gasteiger partial charge is 0.269 e. The van der Waals surface area contributed by atoms with Crippen LogP contribution < -0.4 is 4.57 Å². The number of fused-ring (bicyclic) bond motifs is 3. The van der Waals surface area contributed by atoms with E-state index in [0.717, 1.165) is 33.5 Å². The smallest absolute Gasteiger partial charge is 0.255 e. The number of benzene rings is 4. The van der Waals surface area contributed by atoms with Crippen LogP contribution in [-0.4, -0.2) is 18.4 Å². The van der Waals surface area contributed by atoms with Crippen molar-refractivity contribution in [2.75, 3.05) is 0 Å². The molecule has 0 N–H and O–H groups in total. The van der Waals surface area contributed by atoms with E-state index in [9.17, 15) is 0 Å². The van der Waals surface area contributed by atoms with Gasteiger partial charge in [-0.1, -0.05) is 70.0 Å². The molecule has 4 aromatic carbocycles. The number of aromatic nitrogens is 3. The normalized spacial score (nSPS) is 10.5. The van der Waals surface area contributed by atoms with Gasteiger partial charge in [-0.25, -0.2) is 0 Å². The summed E-state index contributed by atoms with van der Waals surface area (Å²) in [4.78, 5) is 8.52. The fourth-order valence-corrected chi connectivity index (χ4v) is 3.63. The van der Waals surface area contributed by atoms with Crippen LogP contribution in [-0.2, 0) is 39.8 Å². The molecule has 5 heteroatoms. The average Bonchev–Trinajstić information content (AvgIpc) is 2.74. The summed E-state index contributed by atoms with van der Waals surface area (Å²) in [5.41, 5.74) is 4.15. The van der Waals surface area contributed by atoms with E-state index in [4.69, 9.17) is 0 Å². The molecule has 0 aliphatic rings. The van der Waals surface area contributed by atoms with Crippen molar-refractivity contribution in [3.05, 3.63) is 91.0 Å². The quantitative estimate of drug-likeness (QED) is 0.169. The first-order valence-corrected chi connectivity index (χ1v) is 9.24. The predicted octanol–water partition coefficient (Wildman–Crippen LogP) is 4.47. The van der Waals surface area contributed by atoms with Crippen molar-refractivity contribution in [1.82, 2.24) is 9.97 Å². The number of nitrogens with zero attached hydrogens (tertiary/aromatic N) is 3. The third-order valence-electron chi connectivity index (χ3n) is 5.14. The second-order valence-corrected chi connectivity index (χ2v) is 7.00. The van der Waals surface area contributed by atoms with Crippen LogP contribution in [0.3, 0.4) is 0 Å². The minimum absolute atomic E-state index is 0. The van der Waals surface area contributed by atoms with Gasteiger partial charge in [-0.2, -0.15) is 35.4 Å². The van der Waals surface area contributed by atoms with Crippen molar-refractivity contribution in [2.45, 2.75) is 6.92 Å². The predicted molar refractivity (Wildman–Crippen MR) is 117 cm³/mol. The van der Waals surface area contributed by atoms with E-state index < -0.39 is 0 Å². The first kappa shape index (κ1) is 22.3. The molecule has 0 saturated heterocycles. The van der Waals surface area contributed by atoms with Crippen LogP contribution in [0.2, 0.25) is 0 Å². The van der Waals surface area contributed by atoms with E-state index >= 15 is 0 Å². The number of hydrogen-bond donors (Lipinski definition) is 0. The molecule has 0 aliphatic heterocycles. The summed E-state index contributed by atoms with van der Waals surface area (Å²) in [6, 6.07) is 28.4. The first-order chi connectivity index (χ1) is 13.7. The molecule has 0 unspecified atom stereocenters. The summed E-state index contributed by atoms with van der Waals surface area (Å²) >= 11 is 0. The van der Waals surface area contributed by atoms with E-state index in [1.165, 1.54) is 16.2 Å². The summed E-state index contributed by atoms with van der Waals surface area (Å²) in [5.74, 6) is 0.848.